The first-order valence-corrected chi connectivity index (χ1v) is 6.08. The lowest BCUT2D eigenvalue weighted by molar-refractivity contribution is 0.683. The summed E-state index contributed by atoms with van der Waals surface area (Å²) in [5.74, 6) is 1.72. The minimum absolute atomic E-state index is 0.443. The molecule has 0 aromatic heterocycles. The number of hydrogen-bond donors (Lipinski definition) is 4. The van der Waals surface area contributed by atoms with Crippen LogP contribution in [0.3, 0.4) is 0 Å². The molecule has 0 nitrogen and oxygen atoms in total. The van der Waals surface area contributed by atoms with Crippen LogP contribution in [0.4, 0.5) is 0 Å². The first kappa shape index (κ1) is 12.4. The van der Waals surface area contributed by atoms with E-state index in [1.165, 1.54) is 6.42 Å². The predicted molar refractivity (Wildman–Crippen MR) is 67.1 cm³/mol. The summed E-state index contributed by atoms with van der Waals surface area (Å²) in [5, 5.41) is 0.887. The molecule has 2 atom stereocenters. The molecule has 0 saturated carbocycles. The van der Waals surface area contributed by atoms with E-state index < -0.39 is 0 Å². The fraction of sp³-hybridized carbons (Fsp3) is 1.00. The molecule has 0 spiro atoms. The van der Waals surface area contributed by atoms with E-state index >= 15 is 0 Å². The Bertz CT molecular complexity index is 76.5. The summed E-state index contributed by atoms with van der Waals surface area (Å²) in [6, 6.07) is 0. The predicted octanol–water partition coefficient (Wildman–Crippen LogP) is 2.61. The average Bonchev–Trinajstić information content (AvgIpc) is 2.04. The lowest BCUT2D eigenvalue weighted by Crippen LogP contribution is -2.04. The highest BCUT2D eigenvalue weighted by molar-refractivity contribution is 7.85. The van der Waals surface area contributed by atoms with Crippen LogP contribution < -0.4 is 0 Å². The SMILES string of the molecule is SCC(S)CCCC(S)CS. The molecule has 0 N–H and O–H groups in total. The van der Waals surface area contributed by atoms with E-state index in [9.17, 15) is 0 Å². The van der Waals surface area contributed by atoms with E-state index in [2.05, 4.69) is 50.5 Å². The number of hydrogen-bond acceptors (Lipinski definition) is 4. The van der Waals surface area contributed by atoms with Crippen molar-refractivity contribution in [2.24, 2.45) is 0 Å². The van der Waals surface area contributed by atoms with E-state index in [1.807, 2.05) is 0 Å². The van der Waals surface area contributed by atoms with Gasteiger partial charge < -0.3 is 0 Å². The summed E-state index contributed by atoms with van der Waals surface area (Å²) in [4.78, 5) is 0. The van der Waals surface area contributed by atoms with Gasteiger partial charge in [0.25, 0.3) is 0 Å². The molecule has 4 heteroatoms. The van der Waals surface area contributed by atoms with Crippen LogP contribution in [0.15, 0.2) is 0 Å². The van der Waals surface area contributed by atoms with Gasteiger partial charge in [0.2, 0.25) is 0 Å². The Morgan fingerprint density at radius 3 is 1.45 bits per heavy atom. The Hall–Kier alpha value is 1.40. The van der Waals surface area contributed by atoms with Gasteiger partial charge in [-0.25, -0.2) is 0 Å². The first-order valence-electron chi connectivity index (χ1n) is 3.78. The Kier molecular flexibility index (Phi) is 9.04. The van der Waals surface area contributed by atoms with Crippen LogP contribution in [0.2, 0.25) is 0 Å². The molecule has 0 aliphatic rings. The van der Waals surface area contributed by atoms with Gasteiger partial charge in [0, 0.05) is 22.0 Å². The molecular weight excluding hydrogens is 212 g/mol. The van der Waals surface area contributed by atoms with Gasteiger partial charge in [-0.1, -0.05) is 6.42 Å². The third-order valence-corrected chi connectivity index (χ3v) is 3.84. The van der Waals surface area contributed by atoms with Gasteiger partial charge in [-0.3, -0.25) is 0 Å². The fourth-order valence-electron chi connectivity index (χ4n) is 0.772. The van der Waals surface area contributed by atoms with Crippen LogP contribution in [0.1, 0.15) is 19.3 Å². The largest absolute Gasteiger partial charge is 0.178 e. The van der Waals surface area contributed by atoms with Gasteiger partial charge in [0.05, 0.1) is 0 Å². The topological polar surface area (TPSA) is 0 Å². The van der Waals surface area contributed by atoms with Gasteiger partial charge >= 0.3 is 0 Å². The molecule has 0 aliphatic heterocycles. The highest BCUT2D eigenvalue weighted by atomic mass is 32.1. The van der Waals surface area contributed by atoms with E-state index in [0.29, 0.717) is 10.5 Å². The highest BCUT2D eigenvalue weighted by Gasteiger charge is 2.03. The van der Waals surface area contributed by atoms with Crippen molar-refractivity contribution in [2.75, 3.05) is 11.5 Å². The van der Waals surface area contributed by atoms with Gasteiger partial charge in [-0.05, 0) is 12.8 Å². The molecule has 2 unspecified atom stereocenters. The first-order chi connectivity index (χ1) is 5.20. The van der Waals surface area contributed by atoms with Crippen molar-refractivity contribution in [1.29, 1.82) is 0 Å². The molecule has 0 bridgehead atoms. The molecule has 68 valence electrons. The van der Waals surface area contributed by atoms with E-state index in [4.69, 9.17) is 0 Å². The van der Waals surface area contributed by atoms with Crippen molar-refractivity contribution < 1.29 is 0 Å². The van der Waals surface area contributed by atoms with Crippen LogP contribution in [0, 0.1) is 0 Å². The fourth-order valence-corrected chi connectivity index (χ4v) is 1.50. The monoisotopic (exact) mass is 228 g/mol. The quantitative estimate of drug-likeness (QED) is 0.494. The molecule has 11 heavy (non-hydrogen) atoms. The van der Waals surface area contributed by atoms with Crippen LogP contribution in [0.25, 0.3) is 0 Å². The van der Waals surface area contributed by atoms with Crippen molar-refractivity contribution in [3.63, 3.8) is 0 Å². The second-order valence-electron chi connectivity index (χ2n) is 2.60. The molecule has 0 aliphatic carbocycles. The molecule has 0 radical (unpaired) electrons. The minimum atomic E-state index is 0.443. The molecule has 0 amide bonds. The second kappa shape index (κ2) is 8.02. The third-order valence-electron chi connectivity index (χ3n) is 1.50. The van der Waals surface area contributed by atoms with E-state index in [1.54, 1.807) is 0 Å². The summed E-state index contributed by atoms with van der Waals surface area (Å²) >= 11 is 17.0. The number of thiol groups is 4. The van der Waals surface area contributed by atoms with Crippen molar-refractivity contribution >= 4 is 50.5 Å². The zero-order chi connectivity index (χ0) is 8.69. The Morgan fingerprint density at radius 1 is 0.818 bits per heavy atom. The molecule has 0 aromatic carbocycles. The van der Waals surface area contributed by atoms with Crippen LogP contribution >= 0.6 is 50.5 Å². The lowest BCUT2D eigenvalue weighted by atomic mass is 10.1. The summed E-state index contributed by atoms with van der Waals surface area (Å²) < 4.78 is 0. The van der Waals surface area contributed by atoms with Gasteiger partial charge in [0.1, 0.15) is 0 Å². The minimum Gasteiger partial charge on any atom is -0.178 e. The van der Waals surface area contributed by atoms with Crippen LogP contribution in [0.5, 0.6) is 0 Å². The Labute approximate surface area is 91.5 Å². The summed E-state index contributed by atoms with van der Waals surface area (Å²) in [6.45, 7) is 0. The molecule has 0 heterocycles. The van der Waals surface area contributed by atoms with Gasteiger partial charge in [-0.2, -0.15) is 50.5 Å². The average molecular weight is 228 g/mol. The van der Waals surface area contributed by atoms with E-state index in [-0.39, 0.29) is 0 Å². The maximum Gasteiger partial charge on any atom is 0.0105 e. The maximum absolute atomic E-state index is 4.34. The summed E-state index contributed by atoms with van der Waals surface area (Å²) in [5.41, 5.74) is 0. The normalized spacial score (nSPS) is 16.4. The van der Waals surface area contributed by atoms with Crippen molar-refractivity contribution in [3.05, 3.63) is 0 Å². The standard InChI is InChI=1S/C7H16S4/c8-4-6(10)2-1-3-7(11)5-9/h6-11H,1-5H2. The summed E-state index contributed by atoms with van der Waals surface area (Å²) in [6.07, 6.45) is 3.46. The van der Waals surface area contributed by atoms with Gasteiger partial charge in [-0.15, -0.1) is 0 Å². The zero-order valence-corrected chi connectivity index (χ0v) is 10.1. The van der Waals surface area contributed by atoms with Gasteiger partial charge in [0.15, 0.2) is 0 Å². The molecular formula is C7H16S4. The number of rotatable bonds is 6. The molecule has 0 fully saturated rings. The zero-order valence-electron chi connectivity index (χ0n) is 6.48. The second-order valence-corrected chi connectivity index (χ2v) is 4.79. The van der Waals surface area contributed by atoms with Crippen molar-refractivity contribution in [2.45, 2.75) is 29.8 Å². The maximum atomic E-state index is 4.34. The summed E-state index contributed by atoms with van der Waals surface area (Å²) in [7, 11) is 0. The lowest BCUT2D eigenvalue weighted by Gasteiger charge is -2.09. The van der Waals surface area contributed by atoms with Crippen LogP contribution in [-0.2, 0) is 0 Å². The third kappa shape index (κ3) is 7.75. The Morgan fingerprint density at radius 2 is 1.18 bits per heavy atom. The molecule has 0 aromatic rings. The molecule has 0 rings (SSSR count). The smallest absolute Gasteiger partial charge is 0.0105 e. The van der Waals surface area contributed by atoms with Crippen molar-refractivity contribution in [1.82, 2.24) is 0 Å². The van der Waals surface area contributed by atoms with E-state index in [0.717, 1.165) is 24.3 Å². The highest BCUT2D eigenvalue weighted by Crippen LogP contribution is 2.13. The van der Waals surface area contributed by atoms with Crippen LogP contribution in [-0.4, -0.2) is 22.0 Å². The van der Waals surface area contributed by atoms with Crippen molar-refractivity contribution in [3.8, 4) is 0 Å². The Balaban J connectivity index is 3.13. The molecule has 0 saturated heterocycles.